The molecule has 37 heavy (non-hydrogen) atoms. The maximum Gasteiger partial charge on any atom is 0.338 e. The minimum atomic E-state index is -0.869. The standard InChI is InChI=1S/C24H26BrFN4O5S2/c1-2-35-24(33)20-18(10-30-6-7-34-11-15(30)12-36-13-19(31)32)28-22(23-27-5-8-37-23)29-21(20)16-4-3-14(26)9-17(16)25/h3-5,8-9,15,21H,2,6-7,10-13H2,1H3,(H,28,29)(H,31,32)/t15?,21-/m0/s1. The molecule has 2 aliphatic rings. The number of halogens is 2. The highest BCUT2D eigenvalue weighted by atomic mass is 79.9. The molecule has 9 nitrogen and oxygen atoms in total. The van der Waals surface area contributed by atoms with Crippen LogP contribution in [0.15, 0.2) is 50.5 Å². The molecule has 1 fully saturated rings. The van der Waals surface area contributed by atoms with Crippen molar-refractivity contribution in [3.63, 3.8) is 0 Å². The zero-order valence-electron chi connectivity index (χ0n) is 20.0. The van der Waals surface area contributed by atoms with Gasteiger partial charge in [0, 0.05) is 46.6 Å². The lowest BCUT2D eigenvalue weighted by atomic mass is 9.95. The van der Waals surface area contributed by atoms with Crippen molar-refractivity contribution in [3.8, 4) is 0 Å². The second-order valence-electron chi connectivity index (χ2n) is 8.23. The van der Waals surface area contributed by atoms with Gasteiger partial charge in [-0.05, 0) is 24.6 Å². The maximum atomic E-state index is 13.9. The third-order valence-corrected chi connectivity index (χ3v) is 8.30. The number of hydrogen-bond acceptors (Lipinski definition) is 10. The van der Waals surface area contributed by atoms with Gasteiger partial charge in [-0.2, -0.15) is 0 Å². The minimum absolute atomic E-state index is 0.000876. The fourth-order valence-corrected chi connectivity index (χ4v) is 6.13. The largest absolute Gasteiger partial charge is 0.481 e. The third-order valence-electron chi connectivity index (χ3n) is 5.76. The molecule has 0 bridgehead atoms. The molecule has 2 atom stereocenters. The van der Waals surface area contributed by atoms with Crippen LogP contribution in [0.3, 0.4) is 0 Å². The highest BCUT2D eigenvalue weighted by molar-refractivity contribution is 9.10. The summed E-state index contributed by atoms with van der Waals surface area (Å²) in [5.41, 5.74) is 1.56. The van der Waals surface area contributed by atoms with E-state index in [2.05, 4.69) is 31.1 Å². The van der Waals surface area contributed by atoms with E-state index >= 15 is 0 Å². The number of ether oxygens (including phenoxy) is 2. The normalized spacial score (nSPS) is 20.4. The van der Waals surface area contributed by atoms with Crippen molar-refractivity contribution < 1.29 is 28.6 Å². The number of carboxylic acids is 1. The Morgan fingerprint density at radius 2 is 2.27 bits per heavy atom. The number of nitrogens with zero attached hydrogens (tertiary/aromatic N) is 3. The van der Waals surface area contributed by atoms with Gasteiger partial charge in [0.05, 0.1) is 31.1 Å². The van der Waals surface area contributed by atoms with Gasteiger partial charge < -0.3 is 19.9 Å². The first kappa shape index (κ1) is 27.7. The molecule has 1 saturated heterocycles. The summed E-state index contributed by atoms with van der Waals surface area (Å²) in [7, 11) is 0. The molecular formula is C24H26BrFN4O5S2. The van der Waals surface area contributed by atoms with Crippen LogP contribution in [0.25, 0.3) is 0 Å². The average molecular weight is 614 g/mol. The van der Waals surface area contributed by atoms with Crippen molar-refractivity contribution in [2.24, 2.45) is 4.99 Å². The first-order valence-corrected chi connectivity index (χ1v) is 14.4. The van der Waals surface area contributed by atoms with Crippen LogP contribution in [-0.4, -0.2) is 83.2 Å². The maximum absolute atomic E-state index is 13.9. The Morgan fingerprint density at radius 1 is 1.43 bits per heavy atom. The number of carboxylic acid groups (broad SMARTS) is 1. The molecule has 1 aromatic heterocycles. The number of morpholine rings is 1. The lowest BCUT2D eigenvalue weighted by Gasteiger charge is -2.37. The number of thioether (sulfide) groups is 1. The molecule has 0 amide bonds. The van der Waals surface area contributed by atoms with E-state index in [9.17, 15) is 14.0 Å². The van der Waals surface area contributed by atoms with Gasteiger partial charge in [-0.15, -0.1) is 23.1 Å². The molecule has 2 aromatic rings. The van der Waals surface area contributed by atoms with Crippen LogP contribution in [0.1, 0.15) is 23.5 Å². The van der Waals surface area contributed by atoms with E-state index in [0.29, 0.717) is 64.2 Å². The summed E-state index contributed by atoms with van der Waals surface area (Å²) in [6.07, 6.45) is 1.68. The van der Waals surface area contributed by atoms with Crippen LogP contribution in [0.2, 0.25) is 0 Å². The summed E-state index contributed by atoms with van der Waals surface area (Å²) in [6.45, 7) is 3.85. The van der Waals surface area contributed by atoms with E-state index in [1.165, 1.54) is 35.2 Å². The van der Waals surface area contributed by atoms with Crippen molar-refractivity contribution in [1.29, 1.82) is 0 Å². The summed E-state index contributed by atoms with van der Waals surface area (Å²) >= 11 is 6.17. The van der Waals surface area contributed by atoms with E-state index < -0.39 is 23.8 Å². The topological polar surface area (TPSA) is 113 Å². The van der Waals surface area contributed by atoms with Crippen LogP contribution in [-0.2, 0) is 19.1 Å². The van der Waals surface area contributed by atoms with Gasteiger partial charge in [-0.3, -0.25) is 14.7 Å². The molecule has 0 radical (unpaired) electrons. The Kier molecular flexibility index (Phi) is 9.71. The number of carbonyl (C=O) groups is 2. The van der Waals surface area contributed by atoms with E-state index in [-0.39, 0.29) is 18.4 Å². The summed E-state index contributed by atoms with van der Waals surface area (Å²) in [5.74, 6) is -0.727. The number of amidine groups is 1. The molecule has 4 rings (SSSR count). The molecule has 0 saturated carbocycles. The highest BCUT2D eigenvalue weighted by Crippen LogP contribution is 2.37. The van der Waals surface area contributed by atoms with Crippen molar-refractivity contribution in [2.45, 2.75) is 19.0 Å². The number of carbonyl (C=O) groups excluding carboxylic acids is 1. The summed E-state index contributed by atoms with van der Waals surface area (Å²) in [5, 5.41) is 14.8. The quantitative estimate of drug-likeness (QED) is 0.389. The van der Waals surface area contributed by atoms with Crippen molar-refractivity contribution in [1.82, 2.24) is 15.2 Å². The fraction of sp³-hybridized carbons (Fsp3) is 0.417. The predicted molar refractivity (Wildman–Crippen MR) is 143 cm³/mol. The van der Waals surface area contributed by atoms with Gasteiger partial charge in [0.15, 0.2) is 10.8 Å². The van der Waals surface area contributed by atoms with Gasteiger partial charge >= 0.3 is 11.9 Å². The van der Waals surface area contributed by atoms with Gasteiger partial charge in [0.25, 0.3) is 0 Å². The molecule has 3 heterocycles. The Labute approximate surface area is 230 Å². The van der Waals surface area contributed by atoms with E-state index in [1.807, 2.05) is 5.38 Å². The number of hydrogen-bond donors (Lipinski definition) is 2. The van der Waals surface area contributed by atoms with E-state index in [0.717, 1.165) is 0 Å². The molecule has 0 aliphatic carbocycles. The lowest BCUT2D eigenvalue weighted by molar-refractivity contribution is -0.139. The molecule has 13 heteroatoms. The number of benzene rings is 1. The van der Waals surface area contributed by atoms with Gasteiger partial charge in [-0.1, -0.05) is 22.0 Å². The highest BCUT2D eigenvalue weighted by Gasteiger charge is 2.36. The molecule has 1 aromatic carbocycles. The predicted octanol–water partition coefficient (Wildman–Crippen LogP) is 3.47. The second kappa shape index (κ2) is 13.0. The first-order valence-electron chi connectivity index (χ1n) is 11.6. The van der Waals surface area contributed by atoms with Gasteiger partial charge in [-0.25, -0.2) is 14.2 Å². The molecule has 1 unspecified atom stereocenters. The number of nitrogens with one attached hydrogen (secondary N) is 1. The number of thiazole rings is 1. The lowest BCUT2D eigenvalue weighted by Crippen LogP contribution is -2.50. The van der Waals surface area contributed by atoms with Crippen molar-refractivity contribution >= 4 is 56.8 Å². The second-order valence-corrected chi connectivity index (χ2v) is 11.0. The minimum Gasteiger partial charge on any atom is -0.481 e. The molecular weight excluding hydrogens is 587 g/mol. The Hall–Kier alpha value is -2.32. The molecule has 2 aliphatic heterocycles. The zero-order valence-corrected chi connectivity index (χ0v) is 23.2. The Bertz CT molecular complexity index is 1190. The van der Waals surface area contributed by atoms with E-state index in [4.69, 9.17) is 19.6 Å². The molecule has 198 valence electrons. The third kappa shape index (κ3) is 6.96. The Morgan fingerprint density at radius 3 is 2.97 bits per heavy atom. The smallest absolute Gasteiger partial charge is 0.338 e. The summed E-state index contributed by atoms with van der Waals surface area (Å²) in [6, 6.07) is 3.48. The van der Waals surface area contributed by atoms with Crippen LogP contribution in [0.4, 0.5) is 4.39 Å². The van der Waals surface area contributed by atoms with Gasteiger partial charge in [0.1, 0.15) is 11.9 Å². The molecule has 0 spiro atoms. The van der Waals surface area contributed by atoms with Crippen LogP contribution >= 0.6 is 39.0 Å². The number of rotatable bonds is 10. The van der Waals surface area contributed by atoms with Crippen LogP contribution in [0.5, 0.6) is 0 Å². The van der Waals surface area contributed by atoms with Crippen molar-refractivity contribution in [2.75, 3.05) is 44.4 Å². The van der Waals surface area contributed by atoms with Crippen LogP contribution in [0, 0.1) is 5.82 Å². The van der Waals surface area contributed by atoms with Gasteiger partial charge in [0.2, 0.25) is 0 Å². The first-order chi connectivity index (χ1) is 17.9. The number of aromatic nitrogens is 1. The van der Waals surface area contributed by atoms with Crippen molar-refractivity contribution in [3.05, 3.63) is 61.9 Å². The van der Waals surface area contributed by atoms with E-state index in [1.54, 1.807) is 19.2 Å². The summed E-state index contributed by atoms with van der Waals surface area (Å²) < 4.78 is 25.5. The average Bonchev–Trinajstić information content (AvgIpc) is 3.40. The van der Waals surface area contributed by atoms with Crippen LogP contribution < -0.4 is 5.32 Å². The number of esters is 1. The number of aliphatic imine (C=N–C) groups is 1. The monoisotopic (exact) mass is 612 g/mol. The summed E-state index contributed by atoms with van der Waals surface area (Å²) in [4.78, 5) is 35.7. The fourth-order valence-electron chi connectivity index (χ4n) is 4.10. The SMILES string of the molecule is CCOC(=O)C1=C(CN2CCOCC2CSCC(=O)O)NC(c2nccs2)=N[C@H]1c1ccc(F)cc1Br. The number of aliphatic carboxylic acids is 1. The molecule has 2 N–H and O–H groups in total. The zero-order chi connectivity index (χ0) is 26.4. The Balaban J connectivity index is 1.74.